The topological polar surface area (TPSA) is 54.4 Å². The number of carbonyl (C=O) groups excluding carboxylic acids is 2. The van der Waals surface area contributed by atoms with E-state index in [4.69, 9.17) is 5.11 Å². The molecule has 1 N–H and O–H groups in total. The Kier molecular flexibility index (Phi) is 13.8. The minimum Gasteiger partial charge on any atom is -0.397 e. The van der Waals surface area contributed by atoms with Crippen LogP contribution in [0.3, 0.4) is 0 Å². The molecule has 0 saturated heterocycles. The van der Waals surface area contributed by atoms with Crippen LogP contribution in [-0.4, -0.2) is 29.1 Å². The number of carbonyl (C=O) groups is 2. The van der Waals surface area contributed by atoms with Gasteiger partial charge in [-0.25, -0.2) is 0 Å². The van der Waals surface area contributed by atoms with E-state index in [1.807, 2.05) is 0 Å². The zero-order valence-corrected chi connectivity index (χ0v) is 6.67. The summed E-state index contributed by atoms with van der Waals surface area (Å²) in [6.07, 6.45) is 1.04. The van der Waals surface area contributed by atoms with Gasteiger partial charge < -0.3 is 14.7 Å². The molecule has 0 aromatic carbocycles. The minimum absolute atomic E-state index is 0.250. The molecule has 0 aliphatic heterocycles. The Morgan fingerprint density at radius 2 is 1.78 bits per heavy atom. The molecule has 0 atom stereocenters. The van der Waals surface area contributed by atoms with E-state index < -0.39 is 4.83 Å². The quantitative estimate of drug-likeness (QED) is 0.389. The molecule has 0 aliphatic carbocycles. The molecule has 0 unspecified atom stereocenters. The molecule has 4 heteroatoms. The Morgan fingerprint density at radius 3 is 1.78 bits per heavy atom. The van der Waals surface area contributed by atoms with Crippen molar-refractivity contribution in [1.82, 2.24) is 0 Å². The van der Waals surface area contributed by atoms with Crippen molar-refractivity contribution in [2.45, 2.75) is 11.8 Å². The van der Waals surface area contributed by atoms with Gasteiger partial charge in [0.2, 0.25) is 0 Å². The van der Waals surface area contributed by atoms with Gasteiger partial charge >= 0.3 is 0 Å². The molecule has 0 radical (unpaired) electrons. The van der Waals surface area contributed by atoms with Crippen molar-refractivity contribution in [2.75, 3.05) is 6.61 Å². The third-order valence-electron chi connectivity index (χ3n) is 0.260. The van der Waals surface area contributed by atoms with Gasteiger partial charge in [-0.1, -0.05) is 15.9 Å². The van der Waals surface area contributed by atoms with Crippen molar-refractivity contribution in [3.05, 3.63) is 0 Å². The number of hydrogen-bond acceptors (Lipinski definition) is 3. The average molecular weight is 197 g/mol. The van der Waals surface area contributed by atoms with Gasteiger partial charge in [0.05, 0.1) is 0 Å². The molecule has 0 bridgehead atoms. The van der Waals surface area contributed by atoms with E-state index in [9.17, 15) is 9.59 Å². The molecule has 0 amide bonds. The van der Waals surface area contributed by atoms with Gasteiger partial charge in [-0.2, -0.15) is 0 Å². The van der Waals surface area contributed by atoms with Crippen LogP contribution in [0.1, 0.15) is 6.92 Å². The standard InChI is InChI=1S/C3H3BrO2.C2H6O/c4-3(1-5)2-6;1-2-3/h1-3H;3H,2H2,1H3. The average Bonchev–Trinajstić information content (AvgIpc) is 1.88. The monoisotopic (exact) mass is 196 g/mol. The summed E-state index contributed by atoms with van der Waals surface area (Å²) in [6.45, 7) is 1.93. The molecular formula is C5H9BrO3. The van der Waals surface area contributed by atoms with Gasteiger partial charge in [0.15, 0.2) is 0 Å². The summed E-state index contributed by atoms with van der Waals surface area (Å²) < 4.78 is 0. The number of hydrogen-bond donors (Lipinski definition) is 1. The largest absolute Gasteiger partial charge is 0.397 e. The molecule has 0 aromatic rings. The van der Waals surface area contributed by atoms with Gasteiger partial charge in [-0.3, -0.25) is 0 Å². The lowest BCUT2D eigenvalue weighted by Crippen LogP contribution is -1.97. The van der Waals surface area contributed by atoms with Crippen LogP contribution >= 0.6 is 15.9 Å². The third-order valence-corrected chi connectivity index (χ3v) is 0.692. The summed E-state index contributed by atoms with van der Waals surface area (Å²) in [5.74, 6) is 0. The Labute approximate surface area is 62.2 Å². The molecule has 0 fully saturated rings. The van der Waals surface area contributed by atoms with Crippen LogP contribution in [-0.2, 0) is 9.59 Å². The van der Waals surface area contributed by atoms with E-state index in [2.05, 4.69) is 15.9 Å². The van der Waals surface area contributed by atoms with E-state index >= 15 is 0 Å². The fourth-order valence-corrected chi connectivity index (χ4v) is 0.0321. The smallest absolute Gasteiger partial charge is 0.140 e. The molecule has 54 valence electrons. The number of halogens is 1. The lowest BCUT2D eigenvalue weighted by molar-refractivity contribution is -0.113. The Morgan fingerprint density at radius 1 is 1.56 bits per heavy atom. The molecule has 0 aromatic heterocycles. The highest BCUT2D eigenvalue weighted by atomic mass is 79.9. The maximum atomic E-state index is 9.46. The van der Waals surface area contributed by atoms with Crippen molar-refractivity contribution >= 4 is 28.5 Å². The fraction of sp³-hybridized carbons (Fsp3) is 0.600. The van der Waals surface area contributed by atoms with E-state index in [0.29, 0.717) is 12.6 Å². The number of aliphatic hydroxyl groups is 1. The molecule has 0 heterocycles. The van der Waals surface area contributed by atoms with Crippen LogP contribution in [0.2, 0.25) is 0 Å². The third kappa shape index (κ3) is 18.2. The second-order valence-corrected chi connectivity index (χ2v) is 2.09. The number of alkyl halides is 1. The van der Waals surface area contributed by atoms with Crippen LogP contribution in [0.4, 0.5) is 0 Å². The first kappa shape index (κ1) is 11.6. The maximum absolute atomic E-state index is 9.46. The number of aliphatic hydroxyl groups excluding tert-OH is 1. The molecule has 0 saturated carbocycles. The molecule has 3 nitrogen and oxygen atoms in total. The van der Waals surface area contributed by atoms with Gasteiger partial charge in [0.1, 0.15) is 17.4 Å². The minimum atomic E-state index is -0.613. The van der Waals surface area contributed by atoms with Crippen molar-refractivity contribution in [1.29, 1.82) is 0 Å². The van der Waals surface area contributed by atoms with Gasteiger partial charge in [0.25, 0.3) is 0 Å². The van der Waals surface area contributed by atoms with E-state index in [1.165, 1.54) is 0 Å². The molecular weight excluding hydrogens is 188 g/mol. The molecule has 0 rings (SSSR count). The molecule has 0 aliphatic rings. The van der Waals surface area contributed by atoms with Crippen LogP contribution in [0.15, 0.2) is 0 Å². The van der Waals surface area contributed by atoms with Crippen LogP contribution in [0, 0.1) is 0 Å². The summed E-state index contributed by atoms with van der Waals surface area (Å²) in [5.41, 5.74) is 0. The first-order valence-electron chi connectivity index (χ1n) is 2.38. The van der Waals surface area contributed by atoms with Gasteiger partial charge in [-0.15, -0.1) is 0 Å². The lowest BCUT2D eigenvalue weighted by atomic mass is 10.5. The van der Waals surface area contributed by atoms with Crippen molar-refractivity contribution < 1.29 is 14.7 Å². The second kappa shape index (κ2) is 10.7. The van der Waals surface area contributed by atoms with E-state index in [1.54, 1.807) is 6.92 Å². The Hall–Kier alpha value is -0.220. The predicted octanol–water partition coefficient (Wildman–Crippen LogP) is 0.146. The summed E-state index contributed by atoms with van der Waals surface area (Å²) in [7, 11) is 0. The first-order valence-corrected chi connectivity index (χ1v) is 3.30. The summed E-state index contributed by atoms with van der Waals surface area (Å²) in [6, 6.07) is 0. The zero-order chi connectivity index (χ0) is 7.70. The van der Waals surface area contributed by atoms with Crippen LogP contribution in [0.25, 0.3) is 0 Å². The van der Waals surface area contributed by atoms with Crippen molar-refractivity contribution in [3.8, 4) is 0 Å². The zero-order valence-electron chi connectivity index (χ0n) is 5.08. The fourth-order valence-electron chi connectivity index (χ4n) is 0.0321. The van der Waals surface area contributed by atoms with Gasteiger partial charge in [0, 0.05) is 6.61 Å². The van der Waals surface area contributed by atoms with Gasteiger partial charge in [-0.05, 0) is 6.92 Å². The summed E-state index contributed by atoms with van der Waals surface area (Å²) >= 11 is 2.74. The van der Waals surface area contributed by atoms with Crippen molar-refractivity contribution in [3.63, 3.8) is 0 Å². The predicted molar refractivity (Wildman–Crippen MR) is 37.6 cm³/mol. The highest BCUT2D eigenvalue weighted by Crippen LogP contribution is 1.85. The van der Waals surface area contributed by atoms with Crippen molar-refractivity contribution in [2.24, 2.45) is 0 Å². The van der Waals surface area contributed by atoms with E-state index in [-0.39, 0.29) is 6.61 Å². The highest BCUT2D eigenvalue weighted by molar-refractivity contribution is 9.10. The highest BCUT2D eigenvalue weighted by Gasteiger charge is 1.92. The summed E-state index contributed by atoms with van der Waals surface area (Å²) in [4.78, 5) is 18.3. The Bertz CT molecular complexity index is 66.6. The molecule has 9 heavy (non-hydrogen) atoms. The van der Waals surface area contributed by atoms with Crippen LogP contribution < -0.4 is 0 Å². The SMILES string of the molecule is CCO.O=CC(Br)C=O. The normalized spacial score (nSPS) is 7.56. The molecule has 0 spiro atoms. The maximum Gasteiger partial charge on any atom is 0.140 e. The first-order chi connectivity index (χ1) is 4.22. The van der Waals surface area contributed by atoms with Crippen LogP contribution in [0.5, 0.6) is 0 Å². The second-order valence-electron chi connectivity index (χ2n) is 1.03. The number of aldehydes is 2. The number of rotatable bonds is 2. The summed E-state index contributed by atoms with van der Waals surface area (Å²) in [5, 5.41) is 7.57. The Balaban J connectivity index is 0. The lowest BCUT2D eigenvalue weighted by Gasteiger charge is -1.76. The van der Waals surface area contributed by atoms with E-state index in [0.717, 1.165) is 0 Å².